The number of halogens is 3. The van der Waals surface area contributed by atoms with E-state index < -0.39 is 21.6 Å². The lowest BCUT2D eigenvalue weighted by molar-refractivity contribution is -0.141. The molecule has 2 aromatic carbocycles. The molecular formula is C25H32BrCl2N3O4S. The van der Waals surface area contributed by atoms with E-state index in [4.69, 9.17) is 23.2 Å². The van der Waals surface area contributed by atoms with Crippen LogP contribution in [0.15, 0.2) is 46.9 Å². The minimum Gasteiger partial charge on any atom is -0.350 e. The standard InChI is InChI=1S/C25H32BrCl2N3O4S/c1-17(24(33)29-25(2,3)4)30(16-18-8-6-9-19(26)14-18)23(32)10-7-13-31(36(5,34)35)22-15-20(27)11-12-21(22)28/h6,8-9,11-12,14-15,17H,7,10,13,16H2,1-5H3,(H,29,33)/t17-/m1/s1. The van der Waals surface area contributed by atoms with E-state index in [9.17, 15) is 18.0 Å². The van der Waals surface area contributed by atoms with Gasteiger partial charge in [0.25, 0.3) is 0 Å². The fraction of sp³-hybridized carbons (Fsp3) is 0.440. The Morgan fingerprint density at radius 2 is 1.78 bits per heavy atom. The van der Waals surface area contributed by atoms with Crippen LogP contribution in [-0.2, 0) is 26.2 Å². The van der Waals surface area contributed by atoms with Crippen LogP contribution in [-0.4, -0.2) is 49.5 Å². The molecule has 0 aromatic heterocycles. The molecule has 0 fully saturated rings. The molecule has 2 amide bonds. The minimum atomic E-state index is -3.68. The van der Waals surface area contributed by atoms with Crippen molar-refractivity contribution in [2.45, 2.75) is 58.7 Å². The molecule has 0 aliphatic rings. The average Bonchev–Trinajstić information content (AvgIpc) is 2.74. The zero-order valence-electron chi connectivity index (χ0n) is 21.0. The summed E-state index contributed by atoms with van der Waals surface area (Å²) in [6.45, 7) is 7.56. The summed E-state index contributed by atoms with van der Waals surface area (Å²) >= 11 is 15.7. The van der Waals surface area contributed by atoms with Crippen LogP contribution in [0.3, 0.4) is 0 Å². The normalized spacial score (nSPS) is 12.7. The van der Waals surface area contributed by atoms with Crippen molar-refractivity contribution in [3.05, 3.63) is 62.5 Å². The van der Waals surface area contributed by atoms with Crippen LogP contribution in [0, 0.1) is 0 Å². The van der Waals surface area contributed by atoms with Gasteiger partial charge in [0.15, 0.2) is 0 Å². The smallest absolute Gasteiger partial charge is 0.242 e. The second-order valence-corrected chi connectivity index (χ2v) is 13.3. The van der Waals surface area contributed by atoms with Gasteiger partial charge in [0.2, 0.25) is 21.8 Å². The van der Waals surface area contributed by atoms with E-state index >= 15 is 0 Å². The van der Waals surface area contributed by atoms with Gasteiger partial charge in [0, 0.05) is 34.5 Å². The molecule has 36 heavy (non-hydrogen) atoms. The van der Waals surface area contributed by atoms with Crippen LogP contribution in [0.5, 0.6) is 0 Å². The molecule has 0 radical (unpaired) electrons. The average molecular weight is 621 g/mol. The molecule has 0 aliphatic heterocycles. The van der Waals surface area contributed by atoms with Gasteiger partial charge < -0.3 is 10.2 Å². The van der Waals surface area contributed by atoms with E-state index in [1.807, 2.05) is 45.0 Å². The van der Waals surface area contributed by atoms with E-state index in [1.165, 1.54) is 17.0 Å². The van der Waals surface area contributed by atoms with Crippen molar-refractivity contribution < 1.29 is 18.0 Å². The molecule has 198 valence electrons. The maximum Gasteiger partial charge on any atom is 0.242 e. The number of hydrogen-bond acceptors (Lipinski definition) is 4. The molecule has 0 unspecified atom stereocenters. The number of hydrogen-bond donors (Lipinski definition) is 1. The molecule has 2 rings (SSSR count). The zero-order chi connectivity index (χ0) is 27.3. The fourth-order valence-electron chi connectivity index (χ4n) is 3.55. The lowest BCUT2D eigenvalue weighted by Gasteiger charge is -2.32. The number of sulfonamides is 1. The predicted molar refractivity (Wildman–Crippen MR) is 150 cm³/mol. The van der Waals surface area contributed by atoms with Crippen LogP contribution in [0.1, 0.15) is 46.1 Å². The number of amides is 2. The van der Waals surface area contributed by atoms with Crippen LogP contribution < -0.4 is 9.62 Å². The SMILES string of the molecule is C[C@H](C(=O)NC(C)(C)C)N(Cc1cccc(Br)c1)C(=O)CCCN(c1cc(Cl)ccc1Cl)S(C)(=O)=O. The van der Waals surface area contributed by atoms with Crippen LogP contribution >= 0.6 is 39.1 Å². The Hall–Kier alpha value is -1.81. The lowest BCUT2D eigenvalue weighted by atomic mass is 10.1. The molecular weight excluding hydrogens is 589 g/mol. The van der Waals surface area contributed by atoms with Crippen molar-refractivity contribution in [3.8, 4) is 0 Å². The van der Waals surface area contributed by atoms with Gasteiger partial charge in [-0.25, -0.2) is 8.42 Å². The Kier molecular flexibility index (Phi) is 10.7. The summed E-state index contributed by atoms with van der Waals surface area (Å²) in [7, 11) is -3.68. The molecule has 1 N–H and O–H groups in total. The highest BCUT2D eigenvalue weighted by molar-refractivity contribution is 9.10. The molecule has 7 nitrogen and oxygen atoms in total. The van der Waals surface area contributed by atoms with Crippen molar-refractivity contribution in [2.24, 2.45) is 0 Å². The number of carbonyl (C=O) groups excluding carboxylic acids is 2. The van der Waals surface area contributed by atoms with Crippen LogP contribution in [0.4, 0.5) is 5.69 Å². The van der Waals surface area contributed by atoms with Crippen LogP contribution in [0.2, 0.25) is 10.0 Å². The van der Waals surface area contributed by atoms with Crippen LogP contribution in [0.25, 0.3) is 0 Å². The highest BCUT2D eigenvalue weighted by Gasteiger charge is 2.29. The molecule has 0 saturated carbocycles. The highest BCUT2D eigenvalue weighted by atomic mass is 79.9. The van der Waals surface area contributed by atoms with Gasteiger partial charge in [-0.2, -0.15) is 0 Å². The number of anilines is 1. The summed E-state index contributed by atoms with van der Waals surface area (Å²) in [5, 5.41) is 3.50. The van der Waals surface area contributed by atoms with E-state index in [1.54, 1.807) is 13.0 Å². The van der Waals surface area contributed by atoms with Crippen molar-refractivity contribution in [2.75, 3.05) is 17.1 Å². The first kappa shape index (κ1) is 30.4. The third-order valence-corrected chi connectivity index (χ3v) is 7.46. The first-order valence-corrected chi connectivity index (χ1v) is 14.8. The summed E-state index contributed by atoms with van der Waals surface area (Å²) in [6, 6.07) is 11.4. The first-order chi connectivity index (χ1) is 16.6. The molecule has 2 aromatic rings. The minimum absolute atomic E-state index is 0.0257. The number of nitrogens with one attached hydrogen (secondary N) is 1. The third kappa shape index (κ3) is 9.25. The number of nitrogens with zero attached hydrogens (tertiary/aromatic N) is 2. The quantitative estimate of drug-likeness (QED) is 0.373. The molecule has 0 aliphatic carbocycles. The molecule has 11 heteroatoms. The van der Waals surface area contributed by atoms with Gasteiger partial charge in [0.1, 0.15) is 6.04 Å². The Bertz CT molecular complexity index is 1200. The van der Waals surface area contributed by atoms with Gasteiger partial charge in [-0.15, -0.1) is 0 Å². The van der Waals surface area contributed by atoms with Gasteiger partial charge >= 0.3 is 0 Å². The van der Waals surface area contributed by atoms with E-state index in [0.717, 1.165) is 20.6 Å². The molecule has 1 atom stereocenters. The molecule has 0 heterocycles. The third-order valence-electron chi connectivity index (χ3n) is 5.24. The molecule has 0 bridgehead atoms. The summed E-state index contributed by atoms with van der Waals surface area (Å²) in [4.78, 5) is 27.8. The van der Waals surface area contributed by atoms with Gasteiger partial charge in [-0.05, 0) is 70.0 Å². The van der Waals surface area contributed by atoms with E-state index in [0.29, 0.717) is 5.02 Å². The Morgan fingerprint density at radius 1 is 1.11 bits per heavy atom. The molecule has 0 saturated heterocycles. The number of benzene rings is 2. The Balaban J connectivity index is 2.23. The van der Waals surface area contributed by atoms with Crippen molar-refractivity contribution >= 4 is 66.7 Å². The maximum absolute atomic E-state index is 13.4. The van der Waals surface area contributed by atoms with Gasteiger partial charge in [-0.1, -0.05) is 51.3 Å². The van der Waals surface area contributed by atoms with E-state index in [2.05, 4.69) is 21.2 Å². The van der Waals surface area contributed by atoms with Crippen molar-refractivity contribution in [1.29, 1.82) is 0 Å². The summed E-state index contributed by atoms with van der Waals surface area (Å²) in [5.74, 6) is -0.536. The topological polar surface area (TPSA) is 86.8 Å². The second-order valence-electron chi connectivity index (χ2n) is 9.60. The number of carbonyl (C=O) groups is 2. The monoisotopic (exact) mass is 619 g/mol. The Morgan fingerprint density at radius 3 is 2.36 bits per heavy atom. The van der Waals surface area contributed by atoms with E-state index in [-0.39, 0.29) is 48.5 Å². The number of rotatable bonds is 10. The summed E-state index contributed by atoms with van der Waals surface area (Å²) in [6.07, 6.45) is 1.33. The lowest BCUT2D eigenvalue weighted by Crippen LogP contribution is -2.52. The summed E-state index contributed by atoms with van der Waals surface area (Å²) < 4.78 is 27.0. The predicted octanol–water partition coefficient (Wildman–Crippen LogP) is 5.63. The second kappa shape index (κ2) is 12.6. The zero-order valence-corrected chi connectivity index (χ0v) is 24.9. The van der Waals surface area contributed by atoms with Gasteiger partial charge in [0.05, 0.1) is 17.0 Å². The fourth-order valence-corrected chi connectivity index (χ4v) is 5.40. The maximum atomic E-state index is 13.4. The molecule has 0 spiro atoms. The van der Waals surface area contributed by atoms with Crippen molar-refractivity contribution in [1.82, 2.24) is 10.2 Å². The van der Waals surface area contributed by atoms with Crippen molar-refractivity contribution in [3.63, 3.8) is 0 Å². The first-order valence-electron chi connectivity index (χ1n) is 11.4. The largest absolute Gasteiger partial charge is 0.350 e. The summed E-state index contributed by atoms with van der Waals surface area (Å²) in [5.41, 5.74) is 0.654. The Labute approximate surface area is 232 Å². The van der Waals surface area contributed by atoms with Gasteiger partial charge in [-0.3, -0.25) is 13.9 Å². The highest BCUT2D eigenvalue weighted by Crippen LogP contribution is 2.31.